The molecule has 0 aromatic rings. The summed E-state index contributed by atoms with van der Waals surface area (Å²) in [6.07, 6.45) is 1.84. The topological polar surface area (TPSA) is 58.4 Å². The van der Waals surface area contributed by atoms with Crippen LogP contribution in [0.15, 0.2) is 0 Å². The molecule has 16 heavy (non-hydrogen) atoms. The lowest BCUT2D eigenvalue weighted by Gasteiger charge is -2.34. The van der Waals surface area contributed by atoms with Crippen molar-refractivity contribution in [2.75, 3.05) is 6.54 Å². The van der Waals surface area contributed by atoms with Crippen molar-refractivity contribution in [3.63, 3.8) is 0 Å². The maximum atomic E-state index is 11.8. The molecule has 0 aliphatic rings. The van der Waals surface area contributed by atoms with E-state index in [1.54, 1.807) is 0 Å². The van der Waals surface area contributed by atoms with Crippen LogP contribution in [0.4, 0.5) is 0 Å². The summed E-state index contributed by atoms with van der Waals surface area (Å²) in [5.74, 6) is 5.72. The van der Waals surface area contributed by atoms with Crippen molar-refractivity contribution < 1.29 is 4.79 Å². The second kappa shape index (κ2) is 7.63. The lowest BCUT2D eigenvalue weighted by Crippen LogP contribution is -2.52. The molecule has 0 saturated carbocycles. The summed E-state index contributed by atoms with van der Waals surface area (Å²) in [5.41, 5.74) is 2.28. The van der Waals surface area contributed by atoms with Crippen molar-refractivity contribution in [2.45, 2.75) is 59.5 Å². The van der Waals surface area contributed by atoms with Crippen molar-refractivity contribution in [1.82, 2.24) is 10.3 Å². The number of hydrogen-bond acceptors (Lipinski definition) is 3. The van der Waals surface area contributed by atoms with Gasteiger partial charge in [0.05, 0.1) is 6.04 Å². The first-order valence-corrected chi connectivity index (χ1v) is 6.20. The van der Waals surface area contributed by atoms with Crippen LogP contribution in [0.5, 0.6) is 0 Å². The first-order valence-electron chi connectivity index (χ1n) is 6.20. The van der Waals surface area contributed by atoms with Gasteiger partial charge in [-0.1, -0.05) is 27.2 Å². The smallest absolute Gasteiger partial charge is 0.251 e. The van der Waals surface area contributed by atoms with Crippen molar-refractivity contribution in [2.24, 2.45) is 11.8 Å². The summed E-state index contributed by atoms with van der Waals surface area (Å²) >= 11 is 0. The lowest BCUT2D eigenvalue weighted by atomic mass is 10.0. The van der Waals surface area contributed by atoms with Crippen LogP contribution in [0, 0.1) is 5.92 Å². The number of hydrogen-bond donors (Lipinski definition) is 2. The highest BCUT2D eigenvalue weighted by Gasteiger charge is 2.26. The van der Waals surface area contributed by atoms with Crippen molar-refractivity contribution >= 4 is 5.91 Å². The molecule has 0 saturated heterocycles. The molecule has 0 spiro atoms. The average molecular weight is 229 g/mol. The maximum absolute atomic E-state index is 11.8. The summed E-state index contributed by atoms with van der Waals surface area (Å²) in [7, 11) is 0. The zero-order valence-electron chi connectivity index (χ0n) is 11.3. The highest BCUT2D eigenvalue weighted by Crippen LogP contribution is 2.14. The fourth-order valence-corrected chi connectivity index (χ4v) is 1.94. The number of amides is 1. The second-order valence-electron chi connectivity index (χ2n) is 5.00. The molecule has 0 aromatic heterocycles. The minimum absolute atomic E-state index is 0.0730. The van der Waals surface area contributed by atoms with Gasteiger partial charge in [-0.3, -0.25) is 15.1 Å². The fourth-order valence-electron chi connectivity index (χ4n) is 1.94. The Kier molecular flexibility index (Phi) is 7.34. The number of nitrogens with zero attached hydrogens (tertiary/aromatic N) is 1. The van der Waals surface area contributed by atoms with E-state index in [9.17, 15) is 4.79 Å². The van der Waals surface area contributed by atoms with Gasteiger partial charge < -0.3 is 0 Å². The van der Waals surface area contributed by atoms with Gasteiger partial charge in [0, 0.05) is 12.6 Å². The van der Waals surface area contributed by atoms with Gasteiger partial charge in [0.15, 0.2) is 0 Å². The molecular weight excluding hydrogens is 202 g/mol. The van der Waals surface area contributed by atoms with E-state index in [1.165, 1.54) is 0 Å². The molecule has 1 unspecified atom stereocenters. The van der Waals surface area contributed by atoms with Crippen LogP contribution >= 0.6 is 0 Å². The van der Waals surface area contributed by atoms with Gasteiger partial charge in [0.2, 0.25) is 0 Å². The molecule has 0 aliphatic carbocycles. The Morgan fingerprint density at radius 3 is 2.19 bits per heavy atom. The predicted octanol–water partition coefficient (Wildman–Crippen LogP) is 1.51. The second-order valence-corrected chi connectivity index (χ2v) is 5.00. The molecule has 3 N–H and O–H groups in total. The van der Waals surface area contributed by atoms with Crippen LogP contribution in [0.1, 0.15) is 47.5 Å². The standard InChI is InChI=1S/C12H27N3O/c1-6-7-11(12(16)14-13)15(10(4)5)8-9(2)3/h9-11H,6-8,13H2,1-5H3,(H,14,16). The number of carbonyl (C=O) groups excluding carboxylic acids is 1. The average Bonchev–Trinajstić information content (AvgIpc) is 2.21. The highest BCUT2D eigenvalue weighted by atomic mass is 16.2. The number of nitrogens with two attached hydrogens (primary N) is 1. The van der Waals surface area contributed by atoms with Gasteiger partial charge in [-0.25, -0.2) is 5.84 Å². The van der Waals surface area contributed by atoms with E-state index in [-0.39, 0.29) is 11.9 Å². The fraction of sp³-hybridized carbons (Fsp3) is 0.917. The third kappa shape index (κ3) is 4.94. The largest absolute Gasteiger partial charge is 0.293 e. The third-order valence-electron chi connectivity index (χ3n) is 2.65. The number of nitrogens with one attached hydrogen (secondary N) is 1. The Labute approximate surface area is 99.5 Å². The van der Waals surface area contributed by atoms with E-state index in [2.05, 4.69) is 44.9 Å². The SMILES string of the molecule is CCCC(C(=O)NN)N(CC(C)C)C(C)C. The summed E-state index contributed by atoms with van der Waals surface area (Å²) in [4.78, 5) is 14.0. The van der Waals surface area contributed by atoms with Crippen LogP contribution in [0.3, 0.4) is 0 Å². The van der Waals surface area contributed by atoms with Gasteiger partial charge in [0.1, 0.15) is 0 Å². The van der Waals surface area contributed by atoms with E-state index in [0.29, 0.717) is 12.0 Å². The molecule has 1 atom stereocenters. The van der Waals surface area contributed by atoms with Crippen molar-refractivity contribution in [1.29, 1.82) is 0 Å². The van der Waals surface area contributed by atoms with E-state index in [0.717, 1.165) is 19.4 Å². The zero-order chi connectivity index (χ0) is 12.7. The first kappa shape index (κ1) is 15.4. The lowest BCUT2D eigenvalue weighted by molar-refractivity contribution is -0.127. The van der Waals surface area contributed by atoms with E-state index >= 15 is 0 Å². The van der Waals surface area contributed by atoms with Crippen LogP contribution in [0.2, 0.25) is 0 Å². The van der Waals surface area contributed by atoms with Crippen LogP contribution in [0.25, 0.3) is 0 Å². The van der Waals surface area contributed by atoms with E-state index in [1.807, 2.05) is 0 Å². The molecule has 0 rings (SSSR count). The van der Waals surface area contributed by atoms with Crippen molar-refractivity contribution in [3.8, 4) is 0 Å². The normalized spacial score (nSPS) is 13.6. The van der Waals surface area contributed by atoms with Crippen LogP contribution < -0.4 is 11.3 Å². The Hall–Kier alpha value is -0.610. The molecule has 4 heteroatoms. The molecule has 96 valence electrons. The summed E-state index contributed by atoms with van der Waals surface area (Å²) in [6.45, 7) is 11.6. The predicted molar refractivity (Wildman–Crippen MR) is 67.7 cm³/mol. The van der Waals surface area contributed by atoms with Gasteiger partial charge in [-0.15, -0.1) is 0 Å². The number of carbonyl (C=O) groups is 1. The van der Waals surface area contributed by atoms with Gasteiger partial charge in [-0.05, 0) is 26.2 Å². The monoisotopic (exact) mass is 229 g/mol. The summed E-state index contributed by atoms with van der Waals surface area (Å²) in [5, 5.41) is 0. The molecule has 0 aromatic carbocycles. The number of rotatable bonds is 7. The summed E-state index contributed by atoms with van der Waals surface area (Å²) in [6, 6.07) is 0.258. The Morgan fingerprint density at radius 2 is 1.88 bits per heavy atom. The Morgan fingerprint density at radius 1 is 1.31 bits per heavy atom. The molecular formula is C12H27N3O. The molecule has 0 aliphatic heterocycles. The van der Waals surface area contributed by atoms with Gasteiger partial charge >= 0.3 is 0 Å². The summed E-state index contributed by atoms with van der Waals surface area (Å²) < 4.78 is 0. The minimum atomic E-state index is -0.0996. The Bertz CT molecular complexity index is 204. The number of hydrazine groups is 1. The van der Waals surface area contributed by atoms with E-state index in [4.69, 9.17) is 5.84 Å². The zero-order valence-corrected chi connectivity index (χ0v) is 11.3. The molecule has 4 nitrogen and oxygen atoms in total. The van der Waals surface area contributed by atoms with Gasteiger partial charge in [0.25, 0.3) is 5.91 Å². The molecule has 0 radical (unpaired) electrons. The van der Waals surface area contributed by atoms with E-state index < -0.39 is 0 Å². The highest BCUT2D eigenvalue weighted by molar-refractivity contribution is 5.81. The van der Waals surface area contributed by atoms with Crippen LogP contribution in [-0.4, -0.2) is 29.4 Å². The third-order valence-corrected chi connectivity index (χ3v) is 2.65. The molecule has 0 heterocycles. The first-order chi connectivity index (χ1) is 7.43. The minimum Gasteiger partial charge on any atom is -0.293 e. The van der Waals surface area contributed by atoms with Crippen LogP contribution in [-0.2, 0) is 4.79 Å². The maximum Gasteiger partial charge on any atom is 0.251 e. The Balaban J connectivity index is 4.71. The molecule has 0 fully saturated rings. The van der Waals surface area contributed by atoms with Gasteiger partial charge in [-0.2, -0.15) is 0 Å². The quantitative estimate of drug-likeness (QED) is 0.395. The molecule has 0 bridgehead atoms. The van der Waals surface area contributed by atoms with Crippen molar-refractivity contribution in [3.05, 3.63) is 0 Å². The molecule has 1 amide bonds.